The van der Waals surface area contributed by atoms with Gasteiger partial charge in [-0.2, -0.15) is 0 Å². The number of hydrogen-bond donors (Lipinski definition) is 2. The number of amides is 3. The van der Waals surface area contributed by atoms with Crippen molar-refractivity contribution in [2.45, 2.75) is 111 Å². The second-order valence-corrected chi connectivity index (χ2v) is 15.8. The van der Waals surface area contributed by atoms with Crippen LogP contribution < -0.4 is 10.6 Å². The minimum absolute atomic E-state index is 0.159. The number of benzene rings is 2. The van der Waals surface area contributed by atoms with Crippen molar-refractivity contribution in [2.24, 2.45) is 11.3 Å². The van der Waals surface area contributed by atoms with Crippen molar-refractivity contribution in [3.05, 3.63) is 59.7 Å². The van der Waals surface area contributed by atoms with E-state index >= 15 is 0 Å². The van der Waals surface area contributed by atoms with Crippen molar-refractivity contribution < 1.29 is 33.4 Å². The van der Waals surface area contributed by atoms with Gasteiger partial charge in [-0.1, -0.05) is 30.7 Å². The maximum Gasteiger partial charge on any atom is 0.410 e. The third-order valence-corrected chi connectivity index (χ3v) is 9.19. The Morgan fingerprint density at radius 2 is 1.34 bits per heavy atom. The highest BCUT2D eigenvalue weighted by molar-refractivity contribution is 5.97. The van der Waals surface area contributed by atoms with E-state index in [-0.39, 0.29) is 17.8 Å². The Bertz CT molecular complexity index is 1480. The van der Waals surface area contributed by atoms with E-state index in [1.165, 1.54) is 4.90 Å². The number of ether oxygens (including phenoxy) is 3. The molecule has 50 heavy (non-hydrogen) atoms. The van der Waals surface area contributed by atoms with E-state index in [9.17, 15) is 19.2 Å². The van der Waals surface area contributed by atoms with Crippen LogP contribution in [0.3, 0.4) is 0 Å². The van der Waals surface area contributed by atoms with E-state index < -0.39 is 34.7 Å². The van der Waals surface area contributed by atoms with E-state index in [1.54, 1.807) is 7.11 Å². The van der Waals surface area contributed by atoms with Gasteiger partial charge in [0.2, 0.25) is 11.8 Å². The molecule has 2 aromatic rings. The lowest BCUT2D eigenvalue weighted by atomic mass is 9.79. The molecule has 2 N–H and O–H groups in total. The van der Waals surface area contributed by atoms with Gasteiger partial charge < -0.3 is 24.8 Å². The van der Waals surface area contributed by atoms with E-state index in [0.29, 0.717) is 63.4 Å². The highest BCUT2D eigenvalue weighted by atomic mass is 16.6. The van der Waals surface area contributed by atoms with Gasteiger partial charge in [0.05, 0.1) is 17.9 Å². The minimum atomic E-state index is -0.845. The second-order valence-electron chi connectivity index (χ2n) is 15.8. The van der Waals surface area contributed by atoms with Gasteiger partial charge in [-0.3, -0.25) is 24.2 Å². The number of nitrogens with one attached hydrogen (secondary N) is 2. The average molecular weight is 693 g/mol. The van der Waals surface area contributed by atoms with Crippen molar-refractivity contribution in [3.8, 4) is 0 Å². The lowest BCUT2D eigenvalue weighted by molar-refractivity contribution is -0.170. The number of carbonyl (C=O) groups excluding carboxylic acids is 4. The number of likely N-dealkylation sites (tertiary alicyclic amines) is 1. The smallest absolute Gasteiger partial charge is 0.410 e. The van der Waals surface area contributed by atoms with Crippen LogP contribution in [0.1, 0.15) is 91.7 Å². The van der Waals surface area contributed by atoms with Crippen LogP contribution in [0.2, 0.25) is 0 Å². The van der Waals surface area contributed by atoms with E-state index in [2.05, 4.69) is 15.5 Å². The molecule has 4 rings (SSSR count). The summed E-state index contributed by atoms with van der Waals surface area (Å²) in [6.45, 7) is 15.9. The molecule has 1 heterocycles. The summed E-state index contributed by atoms with van der Waals surface area (Å²) in [5.41, 5.74) is 1.42. The molecule has 0 spiro atoms. The maximum absolute atomic E-state index is 13.3. The average Bonchev–Trinajstić information content (AvgIpc) is 3.68. The first-order valence-corrected chi connectivity index (χ1v) is 17.7. The topological polar surface area (TPSA) is 127 Å². The molecule has 3 amide bonds. The van der Waals surface area contributed by atoms with Gasteiger partial charge in [-0.25, -0.2) is 4.79 Å². The van der Waals surface area contributed by atoms with Crippen molar-refractivity contribution in [3.63, 3.8) is 0 Å². The summed E-state index contributed by atoms with van der Waals surface area (Å²) in [7, 11) is 1.68. The molecule has 1 aliphatic carbocycles. The molecular formula is C39H56N4O7. The normalized spacial score (nSPS) is 20.9. The van der Waals surface area contributed by atoms with Crippen LogP contribution >= 0.6 is 0 Å². The zero-order valence-corrected chi connectivity index (χ0v) is 31.1. The molecule has 274 valence electrons. The molecule has 3 atom stereocenters. The Kier molecular flexibility index (Phi) is 12.7. The van der Waals surface area contributed by atoms with Crippen LogP contribution in [-0.2, 0) is 41.7 Å². The largest absolute Gasteiger partial charge is 0.460 e. The number of carbonyl (C=O) groups is 4. The number of esters is 1. The number of nitrogens with zero attached hydrogens (tertiary/aromatic N) is 2. The highest BCUT2D eigenvalue weighted by Crippen LogP contribution is 2.45. The molecule has 11 heteroatoms. The van der Waals surface area contributed by atoms with Gasteiger partial charge in [0.15, 0.2) is 0 Å². The molecular weight excluding hydrogens is 636 g/mol. The molecule has 2 fully saturated rings. The highest BCUT2D eigenvalue weighted by Gasteiger charge is 2.50. The molecule has 2 aromatic carbocycles. The molecule has 11 nitrogen and oxygen atoms in total. The zero-order chi connectivity index (χ0) is 36.7. The summed E-state index contributed by atoms with van der Waals surface area (Å²) in [6, 6.07) is 15.0. The Hall–Kier alpha value is -3.96. The van der Waals surface area contributed by atoms with Crippen LogP contribution in [-0.4, -0.2) is 77.7 Å². The predicted octanol–water partition coefficient (Wildman–Crippen LogP) is 6.76. The predicted molar refractivity (Wildman–Crippen MR) is 193 cm³/mol. The zero-order valence-electron chi connectivity index (χ0n) is 31.1. The summed E-state index contributed by atoms with van der Waals surface area (Å²) in [6.07, 6.45) is 2.96. The fourth-order valence-corrected chi connectivity index (χ4v) is 6.60. The molecule has 1 saturated carbocycles. The van der Waals surface area contributed by atoms with Crippen LogP contribution in [0.15, 0.2) is 48.5 Å². The van der Waals surface area contributed by atoms with Crippen molar-refractivity contribution in [1.82, 2.24) is 9.80 Å². The Morgan fingerprint density at radius 1 is 0.800 bits per heavy atom. The number of rotatable bonds is 12. The monoisotopic (exact) mass is 692 g/mol. The summed E-state index contributed by atoms with van der Waals surface area (Å²) < 4.78 is 16.6. The second kappa shape index (κ2) is 16.4. The third kappa shape index (κ3) is 10.8. The molecule has 3 unspecified atom stereocenters. The first-order chi connectivity index (χ1) is 23.5. The third-order valence-electron chi connectivity index (χ3n) is 9.19. The first kappa shape index (κ1) is 38.8. The summed E-state index contributed by atoms with van der Waals surface area (Å²) in [4.78, 5) is 55.9. The Labute approximate surface area is 297 Å². The fraction of sp³-hybridized carbons (Fsp3) is 0.590. The molecule has 1 aliphatic heterocycles. The van der Waals surface area contributed by atoms with Crippen LogP contribution in [0.5, 0.6) is 0 Å². The Balaban J connectivity index is 1.33. The van der Waals surface area contributed by atoms with Gasteiger partial charge >= 0.3 is 12.1 Å². The molecule has 0 radical (unpaired) electrons. The number of methoxy groups -OCH3 is 1. The van der Waals surface area contributed by atoms with E-state index in [0.717, 1.165) is 24.0 Å². The SMILES string of the molecule is COCCN(Cc1ccc(NC(=O)C2CCCN2C(=O)OC(C)(C)C)cc1)Cc1ccc(NC(=O)C2CCCC2(C)C(=O)OC(C)(C)C)cc1. The molecule has 0 aromatic heterocycles. The Morgan fingerprint density at radius 3 is 1.86 bits per heavy atom. The standard InChI is InChI=1S/C39H56N4O7/c1-37(2,3)49-35(46)39(7)21-9-11-31(39)33(44)40-29-17-13-27(14-18-29)25-42(23-24-48-8)26-28-15-19-30(20-16-28)41-34(45)32-12-10-22-43(32)36(47)50-38(4,5)6/h13-20,31-32H,9-12,21-26H2,1-8H3,(H,40,44)(H,41,45). The van der Waals surface area contributed by atoms with Gasteiger partial charge in [0, 0.05) is 44.7 Å². The van der Waals surface area contributed by atoms with Crippen LogP contribution in [0.4, 0.5) is 16.2 Å². The molecule has 1 saturated heterocycles. The molecule has 0 bridgehead atoms. The quantitative estimate of drug-likeness (QED) is 0.234. The molecule has 2 aliphatic rings. The van der Waals surface area contributed by atoms with Crippen LogP contribution in [0.25, 0.3) is 0 Å². The first-order valence-electron chi connectivity index (χ1n) is 17.7. The lowest BCUT2D eigenvalue weighted by Crippen LogP contribution is -2.45. The number of hydrogen-bond acceptors (Lipinski definition) is 8. The summed E-state index contributed by atoms with van der Waals surface area (Å²) in [5.74, 6) is -1.14. The number of anilines is 2. The maximum atomic E-state index is 13.3. The fourth-order valence-electron chi connectivity index (χ4n) is 6.60. The minimum Gasteiger partial charge on any atom is -0.460 e. The lowest BCUT2D eigenvalue weighted by Gasteiger charge is -2.32. The van der Waals surface area contributed by atoms with Crippen LogP contribution in [0, 0.1) is 11.3 Å². The van der Waals surface area contributed by atoms with Gasteiger partial charge in [0.1, 0.15) is 17.2 Å². The van der Waals surface area contributed by atoms with Crippen molar-refractivity contribution in [1.29, 1.82) is 0 Å². The van der Waals surface area contributed by atoms with E-state index in [1.807, 2.05) is 97.0 Å². The van der Waals surface area contributed by atoms with Gasteiger partial charge in [0.25, 0.3) is 0 Å². The van der Waals surface area contributed by atoms with Gasteiger partial charge in [-0.05, 0) is 110 Å². The van der Waals surface area contributed by atoms with Gasteiger partial charge in [-0.15, -0.1) is 0 Å². The van der Waals surface area contributed by atoms with Crippen molar-refractivity contribution >= 4 is 35.3 Å². The summed E-state index contributed by atoms with van der Waals surface area (Å²) >= 11 is 0. The van der Waals surface area contributed by atoms with Crippen molar-refractivity contribution in [2.75, 3.05) is 37.4 Å². The summed E-state index contributed by atoms with van der Waals surface area (Å²) in [5, 5.41) is 6.00. The van der Waals surface area contributed by atoms with E-state index in [4.69, 9.17) is 14.2 Å².